The van der Waals surface area contributed by atoms with Crippen molar-refractivity contribution in [2.75, 3.05) is 13.2 Å². The molecule has 0 aliphatic carbocycles. The van der Waals surface area contributed by atoms with Crippen LogP contribution in [0.4, 0.5) is 0 Å². The monoisotopic (exact) mass is 916 g/mol. The highest BCUT2D eigenvalue weighted by Gasteiger charge is 2.31. The Labute approximate surface area is 415 Å². The lowest BCUT2D eigenvalue weighted by Crippen LogP contribution is -2.09. The van der Waals surface area contributed by atoms with E-state index < -0.39 is 0 Å². The Kier molecular flexibility index (Phi) is 12.7. The van der Waals surface area contributed by atoms with E-state index >= 15 is 0 Å². The summed E-state index contributed by atoms with van der Waals surface area (Å²) in [5.41, 5.74) is 12.5. The molecule has 4 heterocycles. The summed E-state index contributed by atoms with van der Waals surface area (Å²) in [7, 11) is 0. The highest BCUT2D eigenvalue weighted by atomic mass is 16.5. The van der Waals surface area contributed by atoms with Gasteiger partial charge in [0.2, 0.25) is 0 Å². The molecule has 6 nitrogen and oxygen atoms in total. The molecule has 6 heteroatoms. The highest BCUT2D eigenvalue weighted by Crippen LogP contribution is 2.47. The van der Waals surface area contributed by atoms with E-state index in [2.05, 4.69) is 176 Å². The molecule has 0 saturated heterocycles. The Morgan fingerprint density at radius 3 is 0.930 bits per heavy atom. The van der Waals surface area contributed by atoms with Crippen molar-refractivity contribution in [3.63, 3.8) is 0 Å². The van der Waals surface area contributed by atoms with E-state index in [9.17, 15) is 0 Å². The predicted molar refractivity (Wildman–Crippen MR) is 289 cm³/mol. The van der Waals surface area contributed by atoms with E-state index in [0.29, 0.717) is 44.1 Å². The first kappa shape index (κ1) is 45.2. The van der Waals surface area contributed by atoms with Crippen LogP contribution in [0.2, 0.25) is 0 Å². The molecular weight excluding hydrogens is 869 g/mol. The molecule has 0 radical (unpaired) electrons. The molecule has 0 saturated carbocycles. The zero-order chi connectivity index (χ0) is 48.8. The molecule has 0 aliphatic rings. The second kappa shape index (κ2) is 20.0. The lowest BCUT2D eigenvalue weighted by molar-refractivity contribution is 0.365. The number of ether oxygens (including phenoxy) is 2. The number of hydrogen-bond donors (Lipinski definition) is 0. The third-order valence-corrected chi connectivity index (χ3v) is 13.4. The third-order valence-electron chi connectivity index (χ3n) is 13.4. The highest BCUT2D eigenvalue weighted by molar-refractivity contribution is 5.92. The van der Waals surface area contributed by atoms with E-state index in [1.807, 2.05) is 36.4 Å². The SMILES string of the molecule is C#CCOc1ccc(Cc2ccc(OCC#C)c(C(c3cn(CC#C)c4ccccc34)c3cn(CC#C)c4ccccc34)c2)cc1C(c1cn(CC#C)c2ccccc12)c1cn(CC#C)c2ccccc12. The quantitative estimate of drug-likeness (QED) is 0.0906. The number of rotatable bonds is 16. The molecular formula is C65H48N4O2. The van der Waals surface area contributed by atoms with Crippen molar-refractivity contribution >= 4 is 43.6 Å². The zero-order valence-corrected chi connectivity index (χ0v) is 39.2. The fourth-order valence-electron chi connectivity index (χ4n) is 10.5. The minimum absolute atomic E-state index is 0.0934. The molecule has 0 spiro atoms. The Hall–Kier alpha value is -9.56. The lowest BCUT2D eigenvalue weighted by atomic mass is 9.82. The summed E-state index contributed by atoms with van der Waals surface area (Å²) in [6.45, 7) is 1.82. The molecule has 0 bridgehead atoms. The van der Waals surface area contributed by atoms with Crippen molar-refractivity contribution in [2.45, 2.75) is 44.4 Å². The van der Waals surface area contributed by atoms with Crippen LogP contribution < -0.4 is 9.47 Å². The van der Waals surface area contributed by atoms with Crippen LogP contribution in [0.15, 0.2) is 158 Å². The number of aromatic nitrogens is 4. The first-order valence-corrected chi connectivity index (χ1v) is 23.4. The Morgan fingerprint density at radius 1 is 0.352 bits per heavy atom. The van der Waals surface area contributed by atoms with Crippen molar-refractivity contribution in [2.24, 2.45) is 0 Å². The van der Waals surface area contributed by atoms with Gasteiger partial charge in [0.25, 0.3) is 0 Å². The molecule has 10 rings (SSSR count). The smallest absolute Gasteiger partial charge is 0.148 e. The summed E-state index contributed by atoms with van der Waals surface area (Å²) in [6.07, 6.45) is 45.0. The van der Waals surface area contributed by atoms with Gasteiger partial charge < -0.3 is 27.7 Å². The first-order valence-electron chi connectivity index (χ1n) is 23.4. The van der Waals surface area contributed by atoms with Gasteiger partial charge in [-0.1, -0.05) is 133 Å². The first-order chi connectivity index (χ1) is 35.0. The van der Waals surface area contributed by atoms with Crippen LogP contribution in [-0.4, -0.2) is 31.5 Å². The van der Waals surface area contributed by atoms with E-state index in [4.69, 9.17) is 48.0 Å². The Morgan fingerprint density at radius 2 is 0.648 bits per heavy atom. The fraction of sp³-hybridized carbons (Fsp3) is 0.138. The number of fused-ring (bicyclic) bond motifs is 4. The van der Waals surface area contributed by atoms with Crippen molar-refractivity contribution in [3.05, 3.63) is 203 Å². The molecule has 0 atom stereocenters. The minimum Gasteiger partial charge on any atom is -0.481 e. The Balaban J connectivity index is 1.19. The molecule has 0 unspecified atom stereocenters. The summed E-state index contributed by atoms with van der Waals surface area (Å²) in [4.78, 5) is 0. The molecule has 0 N–H and O–H groups in total. The van der Waals surface area contributed by atoms with Gasteiger partial charge in [-0.3, -0.25) is 0 Å². The number of benzene rings is 6. The third kappa shape index (κ3) is 8.43. The molecule has 340 valence electrons. The second-order valence-corrected chi connectivity index (χ2v) is 17.5. The van der Waals surface area contributed by atoms with Gasteiger partial charge in [-0.2, -0.15) is 0 Å². The van der Waals surface area contributed by atoms with Crippen LogP contribution in [0.3, 0.4) is 0 Å². The molecule has 0 fully saturated rings. The second-order valence-electron chi connectivity index (χ2n) is 17.5. The van der Waals surface area contributed by atoms with Crippen LogP contribution >= 0.6 is 0 Å². The van der Waals surface area contributed by atoms with Crippen molar-refractivity contribution in [1.29, 1.82) is 0 Å². The van der Waals surface area contributed by atoms with Gasteiger partial charge in [0.15, 0.2) is 0 Å². The van der Waals surface area contributed by atoms with Gasteiger partial charge in [0, 0.05) is 91.4 Å². The van der Waals surface area contributed by atoms with E-state index in [0.717, 1.165) is 88.1 Å². The summed E-state index contributed by atoms with van der Waals surface area (Å²) in [5.74, 6) is 17.6. The van der Waals surface area contributed by atoms with Gasteiger partial charge in [-0.25, -0.2) is 0 Å². The fourth-order valence-corrected chi connectivity index (χ4v) is 10.5. The van der Waals surface area contributed by atoms with Gasteiger partial charge in [-0.05, 0) is 76.2 Å². The van der Waals surface area contributed by atoms with Crippen LogP contribution in [-0.2, 0) is 32.6 Å². The molecule has 10 aromatic rings. The number of nitrogens with zero attached hydrogens (tertiary/aromatic N) is 4. The summed E-state index contributed by atoms with van der Waals surface area (Å²) in [5, 5.41) is 4.33. The maximum Gasteiger partial charge on any atom is 0.148 e. The summed E-state index contributed by atoms with van der Waals surface area (Å²) < 4.78 is 21.5. The van der Waals surface area contributed by atoms with Gasteiger partial charge in [-0.15, -0.1) is 38.5 Å². The van der Waals surface area contributed by atoms with E-state index in [1.54, 1.807) is 0 Å². The van der Waals surface area contributed by atoms with Crippen molar-refractivity contribution in [3.8, 4) is 85.6 Å². The summed E-state index contributed by atoms with van der Waals surface area (Å²) in [6, 6.07) is 46.4. The maximum absolute atomic E-state index is 6.48. The molecule has 4 aromatic heterocycles. The molecule has 0 aliphatic heterocycles. The van der Waals surface area contributed by atoms with Crippen molar-refractivity contribution < 1.29 is 9.47 Å². The normalized spacial score (nSPS) is 11.1. The number of para-hydroxylation sites is 4. The topological polar surface area (TPSA) is 38.2 Å². The van der Waals surface area contributed by atoms with Crippen LogP contribution in [0.1, 0.15) is 56.3 Å². The van der Waals surface area contributed by atoms with E-state index in [1.165, 1.54) is 0 Å². The van der Waals surface area contributed by atoms with E-state index in [-0.39, 0.29) is 25.0 Å². The summed E-state index contributed by atoms with van der Waals surface area (Å²) >= 11 is 0. The minimum atomic E-state index is -0.323. The molecule has 71 heavy (non-hydrogen) atoms. The average Bonchev–Trinajstić information content (AvgIpc) is 4.16. The average molecular weight is 917 g/mol. The van der Waals surface area contributed by atoms with Crippen LogP contribution in [0, 0.1) is 74.1 Å². The van der Waals surface area contributed by atoms with Gasteiger partial charge in [0.05, 0.1) is 26.2 Å². The van der Waals surface area contributed by atoms with Crippen molar-refractivity contribution in [1.82, 2.24) is 18.3 Å². The standard InChI is InChI=1S/C65H48N4O2/c1-7-33-66-42-54(48-21-13-17-25-58(48)66)64(55-43-67(34-8-2)59-26-18-14-22-49(55)59)52-40-46(29-31-62(52)70-37-11-5)39-47-30-32-63(71-38-12-6)53(41-47)65(56-44-68(35-9-3)60-27-19-15-23-50(56)60)57-45-69(36-10-4)61-28-20-16-24-51(57)61/h1-6,13-32,40-45,64-65H,33-39H2. The largest absolute Gasteiger partial charge is 0.481 e. The van der Waals surface area contributed by atoms with Gasteiger partial charge in [0.1, 0.15) is 24.7 Å². The van der Waals surface area contributed by atoms with Gasteiger partial charge >= 0.3 is 0 Å². The number of hydrogen-bond acceptors (Lipinski definition) is 2. The Bertz CT molecular complexity index is 3470. The number of terminal acetylenes is 6. The molecule has 0 amide bonds. The van der Waals surface area contributed by atoms with Crippen LogP contribution in [0.25, 0.3) is 43.6 Å². The van der Waals surface area contributed by atoms with Crippen LogP contribution in [0.5, 0.6) is 11.5 Å². The lowest BCUT2D eigenvalue weighted by Gasteiger charge is -2.23. The molecule has 6 aromatic carbocycles. The predicted octanol–water partition coefficient (Wildman–Crippen LogP) is 12.0. The zero-order valence-electron chi connectivity index (χ0n) is 39.2. The maximum atomic E-state index is 6.48.